The fourth-order valence-corrected chi connectivity index (χ4v) is 7.90. The van der Waals surface area contributed by atoms with Gasteiger partial charge >= 0.3 is 0 Å². The second kappa shape index (κ2) is 35.2. The Hall–Kier alpha value is -2.44. The number of nitrogens with zero attached hydrogens (tertiary/aromatic N) is 4. The largest absolute Gasteiger partial charge is 0.395 e. The second-order valence-corrected chi connectivity index (χ2v) is 16.7. The Balaban J connectivity index is 2.69. The lowest BCUT2D eigenvalue weighted by Crippen LogP contribution is -2.42. The monoisotopic (exact) mass is 842 g/mol. The zero-order valence-electron chi connectivity index (χ0n) is 37.6. The fraction of sp³-hybridized carbons (Fsp3) is 0.907. The number of nitrogens with two attached hydrogens (primary N) is 1. The van der Waals surface area contributed by atoms with Crippen molar-refractivity contribution in [1.82, 2.24) is 40.9 Å². The molecular formula is C43H87N9O7. The van der Waals surface area contributed by atoms with Crippen molar-refractivity contribution in [2.75, 3.05) is 132 Å². The van der Waals surface area contributed by atoms with E-state index in [2.05, 4.69) is 61.8 Å². The number of rotatable bonds is 40. The molecule has 0 saturated heterocycles. The number of aliphatic hydroxyl groups excluding tert-OH is 3. The Labute approximate surface area is 357 Å². The molecule has 59 heavy (non-hydrogen) atoms. The first kappa shape index (κ1) is 54.6. The van der Waals surface area contributed by atoms with E-state index in [9.17, 15) is 19.2 Å². The average Bonchev–Trinajstić information content (AvgIpc) is 3.86. The van der Waals surface area contributed by atoms with Gasteiger partial charge in [0, 0.05) is 111 Å². The first-order valence-corrected chi connectivity index (χ1v) is 22.9. The number of carbonyl (C=O) groups excluding carboxylic acids is 4. The maximum Gasteiger partial charge on any atom is 0.221 e. The Kier molecular flexibility index (Phi) is 32.5. The molecule has 0 aromatic carbocycles. The van der Waals surface area contributed by atoms with Gasteiger partial charge in [-0.2, -0.15) is 0 Å². The van der Waals surface area contributed by atoms with Crippen LogP contribution >= 0.6 is 0 Å². The number of hydrogen-bond acceptors (Lipinski definition) is 12. The lowest BCUT2D eigenvalue weighted by atomic mass is 9.92. The Morgan fingerprint density at radius 3 is 1.51 bits per heavy atom. The smallest absolute Gasteiger partial charge is 0.221 e. The molecule has 9 N–H and O–H groups in total. The van der Waals surface area contributed by atoms with Crippen LogP contribution in [-0.4, -0.2) is 191 Å². The highest BCUT2D eigenvalue weighted by molar-refractivity contribution is 5.77. The molecule has 4 amide bonds. The zero-order chi connectivity index (χ0) is 43.7. The van der Waals surface area contributed by atoms with E-state index in [1.807, 2.05) is 7.05 Å². The summed E-state index contributed by atoms with van der Waals surface area (Å²) in [5.41, 5.74) is 5.56. The number of amides is 4. The summed E-state index contributed by atoms with van der Waals surface area (Å²) < 4.78 is 0. The van der Waals surface area contributed by atoms with Gasteiger partial charge in [-0.25, -0.2) is 0 Å². The lowest BCUT2D eigenvalue weighted by Gasteiger charge is -2.29. The molecule has 1 aliphatic rings. The Bertz CT molecular complexity index is 1080. The van der Waals surface area contributed by atoms with Crippen LogP contribution < -0.4 is 27.0 Å². The maximum absolute atomic E-state index is 12.4. The van der Waals surface area contributed by atoms with Crippen molar-refractivity contribution < 1.29 is 34.5 Å². The molecular weight excluding hydrogens is 755 g/mol. The minimum absolute atomic E-state index is 0.00493. The quantitative estimate of drug-likeness (QED) is 0.0395. The normalized spacial score (nSPS) is 16.8. The minimum atomic E-state index is -0.119. The van der Waals surface area contributed by atoms with Crippen LogP contribution in [0.5, 0.6) is 0 Å². The van der Waals surface area contributed by atoms with Crippen LogP contribution in [0.4, 0.5) is 0 Å². The molecule has 16 heteroatoms. The molecule has 4 atom stereocenters. The summed E-state index contributed by atoms with van der Waals surface area (Å²) in [6.45, 7) is 13.6. The van der Waals surface area contributed by atoms with Gasteiger partial charge in [0.1, 0.15) is 0 Å². The third kappa shape index (κ3) is 28.7. The van der Waals surface area contributed by atoms with Crippen LogP contribution in [0.15, 0.2) is 0 Å². The highest BCUT2D eigenvalue weighted by atomic mass is 16.3. The van der Waals surface area contributed by atoms with E-state index in [1.54, 1.807) is 0 Å². The van der Waals surface area contributed by atoms with Crippen molar-refractivity contribution in [3.8, 4) is 0 Å². The fourth-order valence-electron chi connectivity index (χ4n) is 7.90. The highest BCUT2D eigenvalue weighted by Crippen LogP contribution is 2.51. The van der Waals surface area contributed by atoms with Crippen molar-refractivity contribution >= 4 is 23.6 Å². The molecule has 4 unspecified atom stereocenters. The number of aliphatic hydroxyl groups is 3. The van der Waals surface area contributed by atoms with Crippen LogP contribution in [0.2, 0.25) is 0 Å². The molecule has 0 spiro atoms. The number of hydrogen-bond donors (Lipinski definition) is 8. The Morgan fingerprint density at radius 2 is 1.00 bits per heavy atom. The molecule has 16 nitrogen and oxygen atoms in total. The molecule has 1 fully saturated rings. The summed E-state index contributed by atoms with van der Waals surface area (Å²) in [4.78, 5) is 57.9. The van der Waals surface area contributed by atoms with Gasteiger partial charge in [-0.3, -0.25) is 19.2 Å². The van der Waals surface area contributed by atoms with Gasteiger partial charge in [0.2, 0.25) is 23.6 Å². The van der Waals surface area contributed by atoms with Gasteiger partial charge in [0.25, 0.3) is 0 Å². The molecule has 0 aromatic heterocycles. The summed E-state index contributed by atoms with van der Waals surface area (Å²) in [6.07, 6.45) is 12.6. The van der Waals surface area contributed by atoms with E-state index < -0.39 is 0 Å². The van der Waals surface area contributed by atoms with Crippen molar-refractivity contribution in [1.29, 1.82) is 0 Å². The Morgan fingerprint density at radius 1 is 0.542 bits per heavy atom. The van der Waals surface area contributed by atoms with Crippen LogP contribution in [0.25, 0.3) is 0 Å². The molecule has 346 valence electrons. The van der Waals surface area contributed by atoms with E-state index in [1.165, 1.54) is 51.4 Å². The molecule has 0 aliphatic heterocycles. The van der Waals surface area contributed by atoms with Gasteiger partial charge in [0.15, 0.2) is 0 Å². The number of unbranched alkanes of at least 4 members (excludes halogenated alkanes) is 2. The third-order valence-electron chi connectivity index (χ3n) is 11.9. The van der Waals surface area contributed by atoms with Crippen molar-refractivity contribution in [2.24, 2.45) is 29.4 Å². The predicted molar refractivity (Wildman–Crippen MR) is 236 cm³/mol. The molecule has 1 saturated carbocycles. The molecule has 0 heterocycles. The SMILES string of the molecule is CCCC(CCCCCC1C(C)C1CCN(CCN(C)CCC(=O)NCCO)CCN(CCC(=O)NCCN)CCC(=O)NCCO)CCN(C)CCC(=O)NCCO. The summed E-state index contributed by atoms with van der Waals surface area (Å²) in [5, 5.41) is 38.0. The summed E-state index contributed by atoms with van der Waals surface area (Å²) in [5.74, 6) is 2.70. The molecule has 0 radical (unpaired) electrons. The average molecular weight is 842 g/mol. The number of nitrogens with one attached hydrogen (secondary N) is 4. The molecule has 0 aromatic rings. The molecule has 0 bridgehead atoms. The topological polar surface area (TPSA) is 216 Å². The zero-order valence-corrected chi connectivity index (χ0v) is 37.6. The van der Waals surface area contributed by atoms with Gasteiger partial charge in [0.05, 0.1) is 19.8 Å². The maximum atomic E-state index is 12.4. The van der Waals surface area contributed by atoms with E-state index in [4.69, 9.17) is 21.1 Å². The standard InChI is InChI=1S/C43H87N9O7/c1-5-9-37(12-23-49(3)24-14-40(56)46-20-33-53)10-7-6-8-11-38-36(2)39(38)13-26-52(30-29-50(4)25-15-41(57)47-21-34-54)32-31-51(27-16-42(58)45-19-18-44)28-17-43(59)48-22-35-55/h36-39,53-55H,5-35,44H2,1-4H3,(H,45,58)(H,46,56)(H,47,57)(H,48,59). The minimum Gasteiger partial charge on any atom is -0.395 e. The van der Waals surface area contributed by atoms with Crippen LogP contribution in [0.1, 0.15) is 97.3 Å². The molecule has 1 aliphatic carbocycles. The van der Waals surface area contributed by atoms with Gasteiger partial charge < -0.3 is 61.9 Å². The van der Waals surface area contributed by atoms with Crippen molar-refractivity contribution in [3.05, 3.63) is 0 Å². The van der Waals surface area contributed by atoms with Gasteiger partial charge in [-0.15, -0.1) is 0 Å². The highest BCUT2D eigenvalue weighted by Gasteiger charge is 2.45. The van der Waals surface area contributed by atoms with Crippen LogP contribution in [0.3, 0.4) is 0 Å². The second-order valence-electron chi connectivity index (χ2n) is 16.7. The third-order valence-corrected chi connectivity index (χ3v) is 11.9. The lowest BCUT2D eigenvalue weighted by molar-refractivity contribution is -0.122. The van der Waals surface area contributed by atoms with Crippen LogP contribution in [-0.2, 0) is 19.2 Å². The first-order valence-electron chi connectivity index (χ1n) is 22.9. The van der Waals surface area contributed by atoms with E-state index in [0.717, 1.165) is 69.4 Å². The van der Waals surface area contributed by atoms with Gasteiger partial charge in [-0.05, 0) is 70.1 Å². The van der Waals surface area contributed by atoms with E-state index >= 15 is 0 Å². The summed E-state index contributed by atoms with van der Waals surface area (Å²) in [6, 6.07) is 0. The van der Waals surface area contributed by atoms with E-state index in [0.29, 0.717) is 65.1 Å². The van der Waals surface area contributed by atoms with Crippen LogP contribution in [0, 0.1) is 23.7 Å². The first-order chi connectivity index (χ1) is 28.5. The summed E-state index contributed by atoms with van der Waals surface area (Å²) in [7, 11) is 4.12. The van der Waals surface area contributed by atoms with Crippen molar-refractivity contribution in [2.45, 2.75) is 97.3 Å². The van der Waals surface area contributed by atoms with E-state index in [-0.39, 0.29) is 63.0 Å². The predicted octanol–water partition coefficient (Wildman–Crippen LogP) is 0.444. The van der Waals surface area contributed by atoms with Crippen molar-refractivity contribution in [3.63, 3.8) is 0 Å². The number of likely N-dealkylation sites (N-methyl/N-ethyl adjacent to an activating group) is 1. The van der Waals surface area contributed by atoms with Gasteiger partial charge in [-0.1, -0.05) is 52.4 Å². The number of carbonyl (C=O) groups is 4. The summed E-state index contributed by atoms with van der Waals surface area (Å²) >= 11 is 0. The molecule has 1 rings (SSSR count).